The van der Waals surface area contributed by atoms with Crippen LogP contribution in [-0.4, -0.2) is 53.7 Å². The average Bonchev–Trinajstić information content (AvgIpc) is 2.67. The summed E-state index contributed by atoms with van der Waals surface area (Å²) in [5.41, 5.74) is 5.50. The van der Waals surface area contributed by atoms with E-state index in [2.05, 4.69) is 4.74 Å². The van der Waals surface area contributed by atoms with E-state index in [4.69, 9.17) is 5.73 Å². The van der Waals surface area contributed by atoms with Crippen LogP contribution in [-0.2, 0) is 14.3 Å². The lowest BCUT2D eigenvalue weighted by molar-refractivity contribution is -0.152. The number of hydrogen-bond acceptors (Lipinski definition) is 5. The van der Waals surface area contributed by atoms with Crippen LogP contribution in [0.1, 0.15) is 27.2 Å². The van der Waals surface area contributed by atoms with Gasteiger partial charge in [-0.1, -0.05) is 20.8 Å². The quantitative estimate of drug-likeness (QED) is 0.651. The fourth-order valence-electron chi connectivity index (χ4n) is 1.97. The van der Waals surface area contributed by atoms with Gasteiger partial charge >= 0.3 is 5.97 Å². The molecule has 1 aliphatic heterocycles. The molecule has 0 bridgehead atoms. The molecule has 0 saturated carbocycles. The van der Waals surface area contributed by atoms with Crippen LogP contribution >= 0.6 is 0 Å². The fourth-order valence-corrected chi connectivity index (χ4v) is 1.97. The monoisotopic (exact) mass is 258 g/mol. The van der Waals surface area contributed by atoms with Crippen LogP contribution in [0, 0.1) is 5.41 Å². The highest BCUT2D eigenvalue weighted by Crippen LogP contribution is 2.25. The molecule has 0 aromatic carbocycles. The normalized spacial score (nSPS) is 26.0. The van der Waals surface area contributed by atoms with Crippen molar-refractivity contribution in [3.8, 4) is 0 Å². The summed E-state index contributed by atoms with van der Waals surface area (Å²) in [6.07, 6.45) is -0.500. The number of aliphatic hydroxyl groups is 1. The fraction of sp³-hybridized carbons (Fsp3) is 0.833. The van der Waals surface area contributed by atoms with Crippen LogP contribution in [0.5, 0.6) is 0 Å². The Morgan fingerprint density at radius 1 is 1.44 bits per heavy atom. The number of aliphatic hydroxyl groups excluding tert-OH is 1. The van der Waals surface area contributed by atoms with Crippen molar-refractivity contribution in [2.45, 2.75) is 45.4 Å². The third-order valence-corrected chi connectivity index (χ3v) is 3.23. The van der Waals surface area contributed by atoms with E-state index in [0.717, 1.165) is 0 Å². The average molecular weight is 258 g/mol. The molecule has 6 nitrogen and oxygen atoms in total. The number of rotatable bonds is 2. The van der Waals surface area contributed by atoms with E-state index >= 15 is 0 Å². The Morgan fingerprint density at radius 2 is 2.00 bits per heavy atom. The highest BCUT2D eigenvalue weighted by Gasteiger charge is 2.43. The molecule has 0 radical (unpaired) electrons. The van der Waals surface area contributed by atoms with Crippen molar-refractivity contribution in [3.63, 3.8) is 0 Å². The molecule has 1 amide bonds. The van der Waals surface area contributed by atoms with Crippen molar-refractivity contribution in [2.75, 3.05) is 13.7 Å². The Morgan fingerprint density at radius 3 is 2.44 bits per heavy atom. The summed E-state index contributed by atoms with van der Waals surface area (Å²) < 4.78 is 4.64. The number of nitrogens with two attached hydrogens (primary N) is 1. The van der Waals surface area contributed by atoms with E-state index in [9.17, 15) is 14.7 Å². The van der Waals surface area contributed by atoms with Crippen LogP contribution in [0.2, 0.25) is 0 Å². The van der Waals surface area contributed by atoms with Crippen molar-refractivity contribution in [1.29, 1.82) is 0 Å². The minimum Gasteiger partial charge on any atom is -0.467 e. The van der Waals surface area contributed by atoms with Gasteiger partial charge in [0.05, 0.1) is 19.3 Å². The third-order valence-electron chi connectivity index (χ3n) is 3.23. The second-order valence-corrected chi connectivity index (χ2v) is 5.76. The van der Waals surface area contributed by atoms with E-state index < -0.39 is 29.6 Å². The summed E-state index contributed by atoms with van der Waals surface area (Å²) in [5.74, 6) is -0.838. The largest absolute Gasteiger partial charge is 0.467 e. The number of amides is 1. The second-order valence-electron chi connectivity index (χ2n) is 5.76. The number of ether oxygens (including phenoxy) is 1. The molecule has 0 unspecified atom stereocenters. The van der Waals surface area contributed by atoms with Crippen molar-refractivity contribution >= 4 is 11.9 Å². The maximum absolute atomic E-state index is 12.3. The molecule has 1 heterocycles. The molecule has 6 heteroatoms. The molecule has 104 valence electrons. The van der Waals surface area contributed by atoms with Crippen molar-refractivity contribution in [2.24, 2.45) is 11.1 Å². The molecule has 0 aromatic heterocycles. The molecule has 0 aliphatic carbocycles. The molecule has 1 saturated heterocycles. The summed E-state index contributed by atoms with van der Waals surface area (Å²) >= 11 is 0. The van der Waals surface area contributed by atoms with Gasteiger partial charge in [0.15, 0.2) is 0 Å². The minimum absolute atomic E-state index is 0.127. The van der Waals surface area contributed by atoms with Crippen LogP contribution in [0.4, 0.5) is 0 Å². The summed E-state index contributed by atoms with van der Waals surface area (Å²) in [7, 11) is 1.26. The molecule has 1 aliphatic rings. The number of esters is 1. The van der Waals surface area contributed by atoms with E-state index in [-0.39, 0.29) is 18.9 Å². The zero-order chi connectivity index (χ0) is 14.1. The van der Waals surface area contributed by atoms with Crippen molar-refractivity contribution < 1.29 is 19.4 Å². The lowest BCUT2D eigenvalue weighted by atomic mass is 9.86. The Balaban J connectivity index is 2.86. The molecule has 0 spiro atoms. The van der Waals surface area contributed by atoms with Crippen LogP contribution in [0.25, 0.3) is 0 Å². The second kappa shape index (κ2) is 5.24. The van der Waals surface area contributed by atoms with Gasteiger partial charge in [-0.05, 0) is 5.41 Å². The first-order valence-electron chi connectivity index (χ1n) is 6.00. The Hall–Kier alpha value is -1.14. The number of hydrogen-bond donors (Lipinski definition) is 2. The van der Waals surface area contributed by atoms with Crippen molar-refractivity contribution in [1.82, 2.24) is 4.90 Å². The predicted octanol–water partition coefficient (Wildman–Crippen LogP) is -0.505. The first-order chi connectivity index (χ1) is 8.18. The predicted molar refractivity (Wildman–Crippen MR) is 65.6 cm³/mol. The number of likely N-dealkylation sites (tertiary alicyclic amines) is 1. The Labute approximate surface area is 107 Å². The Kier molecular flexibility index (Phi) is 4.34. The molecule has 0 aromatic rings. The van der Waals surface area contributed by atoms with Gasteiger partial charge in [-0.2, -0.15) is 0 Å². The maximum atomic E-state index is 12.3. The van der Waals surface area contributed by atoms with E-state index in [1.54, 1.807) is 0 Å². The van der Waals surface area contributed by atoms with Gasteiger partial charge in [0, 0.05) is 13.0 Å². The third kappa shape index (κ3) is 3.00. The highest BCUT2D eigenvalue weighted by atomic mass is 16.5. The first-order valence-corrected chi connectivity index (χ1v) is 6.00. The van der Waals surface area contributed by atoms with Crippen LogP contribution in [0.3, 0.4) is 0 Å². The summed E-state index contributed by atoms with van der Waals surface area (Å²) in [5, 5.41) is 9.61. The van der Waals surface area contributed by atoms with E-state index in [1.165, 1.54) is 12.0 Å². The summed E-state index contributed by atoms with van der Waals surface area (Å²) in [4.78, 5) is 25.2. The Bertz CT molecular complexity index is 337. The van der Waals surface area contributed by atoms with Gasteiger partial charge in [0.2, 0.25) is 5.91 Å². The van der Waals surface area contributed by atoms with Gasteiger partial charge in [0.1, 0.15) is 6.04 Å². The van der Waals surface area contributed by atoms with E-state index in [1.807, 2.05) is 20.8 Å². The van der Waals surface area contributed by atoms with Gasteiger partial charge < -0.3 is 20.5 Å². The standard InChI is InChI=1S/C12H22N2O4/c1-12(2,3)9(13)10(16)14-6-7(15)5-8(14)11(17)18-4/h7-9,15H,5-6,13H2,1-4H3/t7-,8+,9-/m1/s1. The molecule has 1 fully saturated rings. The number of nitrogens with zero attached hydrogens (tertiary/aromatic N) is 1. The van der Waals surface area contributed by atoms with Crippen molar-refractivity contribution in [3.05, 3.63) is 0 Å². The molecular weight excluding hydrogens is 236 g/mol. The molecule has 3 atom stereocenters. The lowest BCUT2D eigenvalue weighted by Crippen LogP contribution is -2.53. The zero-order valence-corrected chi connectivity index (χ0v) is 11.3. The topological polar surface area (TPSA) is 92.9 Å². The number of carbonyl (C=O) groups is 2. The maximum Gasteiger partial charge on any atom is 0.328 e. The summed E-state index contributed by atoms with van der Waals surface area (Å²) in [6.45, 7) is 5.70. The molecule has 3 N–H and O–H groups in total. The zero-order valence-electron chi connectivity index (χ0n) is 11.3. The molecule has 18 heavy (non-hydrogen) atoms. The SMILES string of the molecule is COC(=O)[C@@H]1C[C@@H](O)CN1C(=O)[C@@H](N)C(C)(C)C. The lowest BCUT2D eigenvalue weighted by Gasteiger charge is -2.31. The van der Waals surface area contributed by atoms with E-state index in [0.29, 0.717) is 0 Å². The van der Waals surface area contributed by atoms with Gasteiger partial charge in [-0.25, -0.2) is 4.79 Å². The highest BCUT2D eigenvalue weighted by molar-refractivity contribution is 5.88. The number of methoxy groups -OCH3 is 1. The number of carbonyl (C=O) groups excluding carboxylic acids is 2. The van der Waals surface area contributed by atoms with Gasteiger partial charge in [0.25, 0.3) is 0 Å². The number of β-amino-alcohol motifs (C(OH)–C–C–N with tert-alkyl or cyclic N) is 1. The first kappa shape index (κ1) is 14.9. The van der Waals surface area contributed by atoms with Gasteiger partial charge in [-0.15, -0.1) is 0 Å². The van der Waals surface area contributed by atoms with Gasteiger partial charge in [-0.3, -0.25) is 4.79 Å². The summed E-state index contributed by atoms with van der Waals surface area (Å²) in [6, 6.07) is -1.44. The minimum atomic E-state index is -0.731. The van der Waals surface area contributed by atoms with Crippen LogP contribution in [0.15, 0.2) is 0 Å². The molecule has 1 rings (SSSR count). The smallest absolute Gasteiger partial charge is 0.328 e. The molecular formula is C12H22N2O4. The van der Waals surface area contributed by atoms with Crippen LogP contribution < -0.4 is 5.73 Å².